The molecule has 0 saturated carbocycles. The fraction of sp³-hybridized carbons (Fsp3) is 0.250. The van der Waals surface area contributed by atoms with Crippen LogP contribution in [0.25, 0.3) is 0 Å². The van der Waals surface area contributed by atoms with E-state index >= 15 is 0 Å². The largest absolute Gasteiger partial charge is 0.494 e. The van der Waals surface area contributed by atoms with Crippen molar-refractivity contribution in [2.45, 2.75) is 6.92 Å². The number of hydrogen-bond acceptors (Lipinski definition) is 3. The molecule has 0 spiro atoms. The lowest BCUT2D eigenvalue weighted by atomic mass is 10.2. The van der Waals surface area contributed by atoms with E-state index in [2.05, 4.69) is 0 Å². The van der Waals surface area contributed by atoms with E-state index in [0.717, 1.165) is 5.56 Å². The molecule has 0 atom stereocenters. The molecular formula is C8H14Cl2N2O. The van der Waals surface area contributed by atoms with Crippen LogP contribution in [-0.2, 0) is 0 Å². The van der Waals surface area contributed by atoms with Gasteiger partial charge in [0.15, 0.2) is 0 Å². The predicted octanol–water partition coefficient (Wildman–Crippen LogP) is 2.01. The van der Waals surface area contributed by atoms with Crippen LogP contribution in [0.4, 0.5) is 11.4 Å². The van der Waals surface area contributed by atoms with Gasteiger partial charge in [0.25, 0.3) is 0 Å². The number of benzene rings is 1. The van der Waals surface area contributed by atoms with Gasteiger partial charge in [-0.05, 0) is 24.6 Å². The van der Waals surface area contributed by atoms with Crippen molar-refractivity contribution in [2.75, 3.05) is 18.6 Å². The summed E-state index contributed by atoms with van der Waals surface area (Å²) in [7, 11) is 1.59. The monoisotopic (exact) mass is 224 g/mol. The Morgan fingerprint density at radius 3 is 2.08 bits per heavy atom. The molecule has 0 radical (unpaired) electrons. The van der Waals surface area contributed by atoms with E-state index < -0.39 is 0 Å². The highest BCUT2D eigenvalue weighted by Gasteiger charge is 2.02. The van der Waals surface area contributed by atoms with Gasteiger partial charge in [0, 0.05) is 5.69 Å². The number of rotatable bonds is 1. The average molecular weight is 225 g/mol. The minimum atomic E-state index is 0. The molecule has 13 heavy (non-hydrogen) atoms. The first-order valence-electron chi connectivity index (χ1n) is 3.34. The Labute approximate surface area is 90.3 Å². The number of halogens is 2. The third kappa shape index (κ3) is 3.20. The predicted molar refractivity (Wildman–Crippen MR) is 61.1 cm³/mol. The highest BCUT2D eigenvalue weighted by molar-refractivity contribution is 5.85. The molecule has 1 aromatic rings. The van der Waals surface area contributed by atoms with Crippen LogP contribution in [0.2, 0.25) is 0 Å². The number of hydrogen-bond donors (Lipinski definition) is 2. The zero-order chi connectivity index (χ0) is 8.43. The van der Waals surface area contributed by atoms with Gasteiger partial charge in [-0.3, -0.25) is 0 Å². The third-order valence-corrected chi connectivity index (χ3v) is 1.53. The molecule has 0 fully saturated rings. The van der Waals surface area contributed by atoms with Crippen molar-refractivity contribution in [1.29, 1.82) is 0 Å². The van der Waals surface area contributed by atoms with Gasteiger partial charge in [0.1, 0.15) is 5.75 Å². The van der Waals surface area contributed by atoms with Gasteiger partial charge in [-0.2, -0.15) is 0 Å². The molecule has 1 aromatic carbocycles. The minimum Gasteiger partial charge on any atom is -0.494 e. The Bertz CT molecular complexity index is 256. The van der Waals surface area contributed by atoms with Crippen molar-refractivity contribution < 1.29 is 4.74 Å². The topological polar surface area (TPSA) is 61.3 Å². The molecule has 0 heterocycles. The zero-order valence-corrected chi connectivity index (χ0v) is 9.17. The van der Waals surface area contributed by atoms with Crippen LogP contribution in [0.1, 0.15) is 5.56 Å². The standard InChI is InChI=1S/C8H12N2O.2ClH/c1-5-3-6(9)4-7(10)8(5)11-2;;/h3-4H,9-10H2,1-2H3;2*1H. The summed E-state index contributed by atoms with van der Waals surface area (Å²) >= 11 is 0. The molecule has 0 amide bonds. The summed E-state index contributed by atoms with van der Waals surface area (Å²) in [4.78, 5) is 0. The van der Waals surface area contributed by atoms with E-state index in [1.54, 1.807) is 13.2 Å². The fourth-order valence-electron chi connectivity index (χ4n) is 1.11. The lowest BCUT2D eigenvalue weighted by Gasteiger charge is -2.08. The maximum Gasteiger partial charge on any atom is 0.144 e. The SMILES string of the molecule is COc1c(C)cc(N)cc1N.Cl.Cl. The maximum absolute atomic E-state index is 5.63. The first kappa shape index (κ1) is 14.7. The van der Waals surface area contributed by atoms with Crippen LogP contribution >= 0.6 is 24.8 Å². The summed E-state index contributed by atoms with van der Waals surface area (Å²) in [6.07, 6.45) is 0. The number of nitrogens with two attached hydrogens (primary N) is 2. The van der Waals surface area contributed by atoms with Crippen LogP contribution in [0.3, 0.4) is 0 Å². The molecule has 0 aromatic heterocycles. The number of ether oxygens (including phenoxy) is 1. The second-order valence-electron chi connectivity index (χ2n) is 2.46. The molecule has 76 valence electrons. The number of anilines is 2. The van der Waals surface area contributed by atoms with Crippen molar-refractivity contribution in [3.63, 3.8) is 0 Å². The summed E-state index contributed by atoms with van der Waals surface area (Å²) in [5.74, 6) is 0.708. The zero-order valence-electron chi connectivity index (χ0n) is 7.53. The summed E-state index contributed by atoms with van der Waals surface area (Å²) < 4.78 is 5.05. The fourth-order valence-corrected chi connectivity index (χ4v) is 1.11. The Morgan fingerprint density at radius 2 is 1.69 bits per heavy atom. The molecule has 0 bridgehead atoms. The van der Waals surface area contributed by atoms with Crippen LogP contribution in [0, 0.1) is 6.92 Å². The number of aryl methyl sites for hydroxylation is 1. The molecule has 5 heteroatoms. The summed E-state index contributed by atoms with van der Waals surface area (Å²) in [5, 5.41) is 0. The molecule has 3 nitrogen and oxygen atoms in total. The van der Waals surface area contributed by atoms with E-state index in [0.29, 0.717) is 17.1 Å². The highest BCUT2D eigenvalue weighted by atomic mass is 35.5. The van der Waals surface area contributed by atoms with Crippen LogP contribution < -0.4 is 16.2 Å². The molecule has 0 unspecified atom stereocenters. The Kier molecular flexibility index (Phi) is 6.54. The molecule has 0 aliphatic rings. The Hall–Kier alpha value is -0.800. The van der Waals surface area contributed by atoms with Crippen molar-refractivity contribution in [1.82, 2.24) is 0 Å². The van der Waals surface area contributed by atoms with Gasteiger partial charge in [-0.25, -0.2) is 0 Å². The normalized spacial score (nSPS) is 8.15. The van der Waals surface area contributed by atoms with E-state index in [1.807, 2.05) is 13.0 Å². The van der Waals surface area contributed by atoms with E-state index in [9.17, 15) is 0 Å². The maximum atomic E-state index is 5.63. The van der Waals surface area contributed by atoms with Gasteiger partial charge in [-0.15, -0.1) is 24.8 Å². The second-order valence-corrected chi connectivity index (χ2v) is 2.46. The average Bonchev–Trinajstić information content (AvgIpc) is 1.85. The summed E-state index contributed by atoms with van der Waals surface area (Å²) in [6.45, 7) is 1.91. The Balaban J connectivity index is 0. The summed E-state index contributed by atoms with van der Waals surface area (Å²) in [6, 6.07) is 3.51. The van der Waals surface area contributed by atoms with Gasteiger partial charge in [0.05, 0.1) is 12.8 Å². The van der Waals surface area contributed by atoms with Crippen LogP contribution in [-0.4, -0.2) is 7.11 Å². The van der Waals surface area contributed by atoms with Crippen LogP contribution in [0.15, 0.2) is 12.1 Å². The molecule has 4 N–H and O–H groups in total. The number of methoxy groups -OCH3 is 1. The first-order valence-corrected chi connectivity index (χ1v) is 3.34. The Morgan fingerprint density at radius 1 is 1.15 bits per heavy atom. The van der Waals surface area contributed by atoms with Gasteiger partial charge in [-0.1, -0.05) is 0 Å². The minimum absolute atomic E-state index is 0. The third-order valence-electron chi connectivity index (χ3n) is 1.53. The lowest BCUT2D eigenvalue weighted by molar-refractivity contribution is 0.414. The number of nitrogen functional groups attached to an aromatic ring is 2. The van der Waals surface area contributed by atoms with Gasteiger partial charge < -0.3 is 16.2 Å². The van der Waals surface area contributed by atoms with Crippen molar-refractivity contribution in [2.24, 2.45) is 0 Å². The van der Waals surface area contributed by atoms with Gasteiger partial charge >= 0.3 is 0 Å². The van der Waals surface area contributed by atoms with Crippen molar-refractivity contribution >= 4 is 36.2 Å². The lowest BCUT2D eigenvalue weighted by Crippen LogP contribution is -1.97. The molecule has 0 saturated heterocycles. The molecule has 1 rings (SSSR count). The second kappa shape index (κ2) is 5.78. The van der Waals surface area contributed by atoms with Crippen molar-refractivity contribution in [3.8, 4) is 5.75 Å². The quantitative estimate of drug-likeness (QED) is 0.718. The molecule has 0 aliphatic heterocycles. The highest BCUT2D eigenvalue weighted by Crippen LogP contribution is 2.27. The smallest absolute Gasteiger partial charge is 0.144 e. The molecular weight excluding hydrogens is 211 g/mol. The van der Waals surface area contributed by atoms with Crippen molar-refractivity contribution in [3.05, 3.63) is 17.7 Å². The van der Waals surface area contributed by atoms with Crippen LogP contribution in [0.5, 0.6) is 5.75 Å². The van der Waals surface area contributed by atoms with E-state index in [1.165, 1.54) is 0 Å². The first-order chi connectivity index (χ1) is 5.15. The van der Waals surface area contributed by atoms with E-state index in [4.69, 9.17) is 16.2 Å². The molecule has 0 aliphatic carbocycles. The van der Waals surface area contributed by atoms with Gasteiger partial charge in [0.2, 0.25) is 0 Å². The van der Waals surface area contributed by atoms with E-state index in [-0.39, 0.29) is 24.8 Å². The summed E-state index contributed by atoms with van der Waals surface area (Å²) in [5.41, 5.74) is 13.4.